The molecule has 0 radical (unpaired) electrons. The molecule has 6 heteroatoms. The molecule has 0 aliphatic rings. The van der Waals surface area contributed by atoms with Crippen LogP contribution >= 0.6 is 11.6 Å². The van der Waals surface area contributed by atoms with Crippen molar-refractivity contribution in [3.05, 3.63) is 28.9 Å². The maximum atomic E-state index is 11.7. The van der Waals surface area contributed by atoms with Crippen molar-refractivity contribution < 1.29 is 19.0 Å². The number of carbonyl (C=O) groups excluding carboxylic acids is 1. The zero-order chi connectivity index (χ0) is 15.4. The maximum absolute atomic E-state index is 11.7. The van der Waals surface area contributed by atoms with E-state index in [2.05, 4.69) is 9.72 Å². The third-order valence-corrected chi connectivity index (χ3v) is 3.13. The lowest BCUT2D eigenvalue weighted by atomic mass is 10.1. The van der Waals surface area contributed by atoms with Crippen molar-refractivity contribution in [2.45, 2.75) is 13.8 Å². The lowest BCUT2D eigenvalue weighted by Gasteiger charge is -2.12. The summed E-state index contributed by atoms with van der Waals surface area (Å²) in [6, 6.07) is 5.16. The van der Waals surface area contributed by atoms with Crippen LogP contribution < -0.4 is 9.47 Å². The SMILES string of the molecule is CCOc1cc2cc(C(=O)OC)c(Cl)nc2cc1OCC. The molecule has 1 aromatic carbocycles. The molecule has 2 rings (SSSR count). The molecule has 0 aliphatic carbocycles. The molecule has 2 aromatic rings. The first-order valence-electron chi connectivity index (χ1n) is 6.58. The van der Waals surface area contributed by atoms with Crippen LogP contribution in [0.3, 0.4) is 0 Å². The Kier molecular flexibility index (Phi) is 4.85. The largest absolute Gasteiger partial charge is 0.490 e. The van der Waals surface area contributed by atoms with Gasteiger partial charge in [-0.05, 0) is 26.0 Å². The van der Waals surface area contributed by atoms with Gasteiger partial charge >= 0.3 is 5.97 Å². The van der Waals surface area contributed by atoms with E-state index in [-0.39, 0.29) is 10.7 Å². The number of methoxy groups -OCH3 is 1. The Hall–Kier alpha value is -2.01. The molecule has 0 fully saturated rings. The highest BCUT2D eigenvalue weighted by atomic mass is 35.5. The maximum Gasteiger partial charge on any atom is 0.341 e. The summed E-state index contributed by atoms with van der Waals surface area (Å²) in [6.45, 7) is 4.80. The van der Waals surface area contributed by atoms with E-state index in [1.165, 1.54) is 7.11 Å². The van der Waals surface area contributed by atoms with Crippen LogP contribution in [0.25, 0.3) is 10.9 Å². The monoisotopic (exact) mass is 309 g/mol. The van der Waals surface area contributed by atoms with Crippen LogP contribution in [0.1, 0.15) is 24.2 Å². The third kappa shape index (κ3) is 3.19. The third-order valence-electron chi connectivity index (χ3n) is 2.84. The lowest BCUT2D eigenvalue weighted by Crippen LogP contribution is -2.04. The highest BCUT2D eigenvalue weighted by Gasteiger charge is 2.15. The summed E-state index contributed by atoms with van der Waals surface area (Å²) in [7, 11) is 1.30. The number of halogens is 1. The average Bonchev–Trinajstić information content (AvgIpc) is 2.47. The molecular weight excluding hydrogens is 294 g/mol. The first-order chi connectivity index (χ1) is 10.1. The molecule has 1 heterocycles. The van der Waals surface area contributed by atoms with Gasteiger partial charge in [-0.15, -0.1) is 0 Å². The van der Waals surface area contributed by atoms with Crippen molar-refractivity contribution in [3.8, 4) is 11.5 Å². The number of ether oxygens (including phenoxy) is 3. The van der Waals surface area contributed by atoms with E-state index >= 15 is 0 Å². The molecule has 5 nitrogen and oxygen atoms in total. The van der Waals surface area contributed by atoms with Gasteiger partial charge in [-0.3, -0.25) is 0 Å². The quantitative estimate of drug-likeness (QED) is 0.625. The Bertz CT molecular complexity index is 672. The van der Waals surface area contributed by atoms with Crippen LogP contribution in [0, 0.1) is 0 Å². The highest BCUT2D eigenvalue weighted by Crippen LogP contribution is 2.33. The molecule has 0 aliphatic heterocycles. The summed E-state index contributed by atoms with van der Waals surface area (Å²) >= 11 is 6.02. The number of carbonyl (C=O) groups is 1. The first-order valence-corrected chi connectivity index (χ1v) is 6.96. The average molecular weight is 310 g/mol. The molecule has 0 bridgehead atoms. The molecular formula is C15H16ClNO4. The summed E-state index contributed by atoms with van der Waals surface area (Å²) in [4.78, 5) is 15.9. The van der Waals surface area contributed by atoms with E-state index < -0.39 is 5.97 Å². The predicted molar refractivity (Wildman–Crippen MR) is 80.4 cm³/mol. The van der Waals surface area contributed by atoms with Crippen molar-refractivity contribution in [3.63, 3.8) is 0 Å². The fraction of sp³-hybridized carbons (Fsp3) is 0.333. The minimum Gasteiger partial charge on any atom is -0.490 e. The second-order valence-corrected chi connectivity index (χ2v) is 4.53. The van der Waals surface area contributed by atoms with Crippen LogP contribution in [0.4, 0.5) is 0 Å². The summed E-state index contributed by atoms with van der Waals surface area (Å²) < 4.78 is 15.8. The molecule has 112 valence electrons. The number of pyridine rings is 1. The van der Waals surface area contributed by atoms with Gasteiger partial charge in [0.25, 0.3) is 0 Å². The van der Waals surface area contributed by atoms with Gasteiger partial charge in [-0.2, -0.15) is 0 Å². The molecule has 0 atom stereocenters. The van der Waals surface area contributed by atoms with Gasteiger partial charge < -0.3 is 14.2 Å². The Balaban J connectivity index is 2.61. The summed E-state index contributed by atoms with van der Waals surface area (Å²) in [5.74, 6) is 0.675. The van der Waals surface area contributed by atoms with Gasteiger partial charge in [-0.25, -0.2) is 9.78 Å². The molecule has 0 saturated heterocycles. The van der Waals surface area contributed by atoms with Crippen molar-refractivity contribution >= 4 is 28.5 Å². The van der Waals surface area contributed by atoms with E-state index in [1.54, 1.807) is 18.2 Å². The van der Waals surface area contributed by atoms with Crippen LogP contribution in [0.5, 0.6) is 11.5 Å². The molecule has 0 saturated carbocycles. The number of benzene rings is 1. The molecule has 0 unspecified atom stereocenters. The summed E-state index contributed by atoms with van der Waals surface area (Å²) in [5, 5.41) is 0.827. The number of hydrogen-bond donors (Lipinski definition) is 0. The number of esters is 1. The fourth-order valence-corrected chi connectivity index (χ4v) is 2.17. The number of fused-ring (bicyclic) bond motifs is 1. The lowest BCUT2D eigenvalue weighted by molar-refractivity contribution is 0.0600. The second-order valence-electron chi connectivity index (χ2n) is 4.18. The van der Waals surface area contributed by atoms with Crippen LogP contribution in [-0.4, -0.2) is 31.3 Å². The van der Waals surface area contributed by atoms with Gasteiger partial charge in [0.05, 0.1) is 31.4 Å². The first kappa shape index (κ1) is 15.4. The van der Waals surface area contributed by atoms with Gasteiger partial charge in [-0.1, -0.05) is 11.6 Å². The van der Waals surface area contributed by atoms with E-state index in [4.69, 9.17) is 21.1 Å². The van der Waals surface area contributed by atoms with Gasteiger partial charge in [0, 0.05) is 11.5 Å². The Morgan fingerprint density at radius 3 is 2.33 bits per heavy atom. The number of nitrogens with zero attached hydrogens (tertiary/aromatic N) is 1. The Labute approximate surface area is 127 Å². The predicted octanol–water partition coefficient (Wildman–Crippen LogP) is 3.47. The number of rotatable bonds is 5. The molecule has 21 heavy (non-hydrogen) atoms. The summed E-state index contributed by atoms with van der Waals surface area (Å²) in [5.41, 5.74) is 0.845. The van der Waals surface area contributed by atoms with E-state index in [0.717, 1.165) is 5.39 Å². The Morgan fingerprint density at radius 2 is 1.76 bits per heavy atom. The normalized spacial score (nSPS) is 10.5. The van der Waals surface area contributed by atoms with Gasteiger partial charge in [0.15, 0.2) is 11.5 Å². The van der Waals surface area contributed by atoms with E-state index in [9.17, 15) is 4.79 Å². The standard InChI is InChI=1S/C15H16ClNO4/c1-4-20-12-7-9-6-10(15(18)19-3)14(16)17-11(9)8-13(12)21-5-2/h6-8H,4-5H2,1-3H3. The Morgan fingerprint density at radius 1 is 1.14 bits per heavy atom. The minimum atomic E-state index is -0.527. The number of aromatic nitrogens is 1. The summed E-state index contributed by atoms with van der Waals surface area (Å²) in [6.07, 6.45) is 0. The van der Waals surface area contributed by atoms with Gasteiger partial charge in [0.1, 0.15) is 5.15 Å². The molecule has 1 aromatic heterocycles. The van der Waals surface area contributed by atoms with E-state index in [0.29, 0.717) is 30.2 Å². The second kappa shape index (κ2) is 6.63. The topological polar surface area (TPSA) is 57.7 Å². The fourth-order valence-electron chi connectivity index (χ4n) is 1.95. The van der Waals surface area contributed by atoms with Crippen molar-refractivity contribution in [1.29, 1.82) is 0 Å². The van der Waals surface area contributed by atoms with Crippen molar-refractivity contribution in [1.82, 2.24) is 4.98 Å². The van der Waals surface area contributed by atoms with Crippen LogP contribution in [-0.2, 0) is 4.74 Å². The van der Waals surface area contributed by atoms with Crippen molar-refractivity contribution in [2.24, 2.45) is 0 Å². The van der Waals surface area contributed by atoms with E-state index in [1.807, 2.05) is 13.8 Å². The van der Waals surface area contributed by atoms with Crippen LogP contribution in [0.2, 0.25) is 5.15 Å². The van der Waals surface area contributed by atoms with Gasteiger partial charge in [0.2, 0.25) is 0 Å². The molecule has 0 spiro atoms. The van der Waals surface area contributed by atoms with Crippen molar-refractivity contribution in [2.75, 3.05) is 20.3 Å². The minimum absolute atomic E-state index is 0.0981. The zero-order valence-corrected chi connectivity index (χ0v) is 12.9. The smallest absolute Gasteiger partial charge is 0.341 e. The molecule has 0 amide bonds. The van der Waals surface area contributed by atoms with Crippen LogP contribution in [0.15, 0.2) is 18.2 Å². The highest BCUT2D eigenvalue weighted by molar-refractivity contribution is 6.33. The number of hydrogen-bond acceptors (Lipinski definition) is 5. The zero-order valence-electron chi connectivity index (χ0n) is 12.1. The molecule has 0 N–H and O–H groups in total.